The molecule has 0 bridgehead atoms. The van der Waals surface area contributed by atoms with Crippen molar-refractivity contribution in [1.82, 2.24) is 4.31 Å². The Balaban J connectivity index is 1.98. The number of fused-ring (bicyclic) bond motifs is 1. The highest BCUT2D eigenvalue weighted by molar-refractivity contribution is 7.92. The van der Waals surface area contributed by atoms with Crippen molar-refractivity contribution in [3.63, 3.8) is 0 Å². The minimum Gasteiger partial charge on any atom is -0.383 e. The number of benzene rings is 2. The molecule has 1 aliphatic rings. The van der Waals surface area contributed by atoms with Gasteiger partial charge in [0.25, 0.3) is 0 Å². The number of rotatable bonds is 4. The molecule has 1 N–H and O–H groups in total. The van der Waals surface area contributed by atoms with Crippen molar-refractivity contribution in [2.45, 2.75) is 19.0 Å². The lowest BCUT2D eigenvalue weighted by Gasteiger charge is -2.27. The second-order valence-corrected chi connectivity index (χ2v) is 7.80. The van der Waals surface area contributed by atoms with Gasteiger partial charge in [0.2, 0.25) is 10.0 Å². The van der Waals surface area contributed by atoms with Gasteiger partial charge in [-0.25, -0.2) is 8.42 Å². The van der Waals surface area contributed by atoms with Crippen LogP contribution in [0, 0.1) is 11.3 Å². The van der Waals surface area contributed by atoms with Crippen LogP contribution in [-0.2, 0) is 23.0 Å². The fourth-order valence-corrected chi connectivity index (χ4v) is 4.12. The van der Waals surface area contributed by atoms with Gasteiger partial charge in [-0.1, -0.05) is 36.9 Å². The van der Waals surface area contributed by atoms with E-state index in [4.69, 9.17) is 5.26 Å². The van der Waals surface area contributed by atoms with Crippen LogP contribution in [0.15, 0.2) is 60.5 Å². The van der Waals surface area contributed by atoms with Crippen LogP contribution in [0.3, 0.4) is 0 Å². The summed E-state index contributed by atoms with van der Waals surface area (Å²) < 4.78 is 26.6. The summed E-state index contributed by atoms with van der Waals surface area (Å²) in [6.07, 6.45) is 0.597. The summed E-state index contributed by atoms with van der Waals surface area (Å²) in [7, 11) is -3.60. The van der Waals surface area contributed by atoms with Crippen LogP contribution in [-0.4, -0.2) is 25.3 Å². The predicted molar refractivity (Wildman–Crippen MR) is 98.2 cm³/mol. The fraction of sp³-hybridized carbons (Fsp3) is 0.211. The molecule has 0 saturated heterocycles. The second kappa shape index (κ2) is 7.09. The Hall–Kier alpha value is -2.62. The van der Waals surface area contributed by atoms with E-state index in [0.29, 0.717) is 18.5 Å². The van der Waals surface area contributed by atoms with Crippen LogP contribution in [0.2, 0.25) is 0 Å². The molecule has 1 heterocycles. The minimum absolute atomic E-state index is 0.212. The van der Waals surface area contributed by atoms with Gasteiger partial charge in [0.15, 0.2) is 0 Å². The Morgan fingerprint density at radius 3 is 2.72 bits per heavy atom. The highest BCUT2D eigenvalue weighted by Gasteiger charge is 2.31. The smallest absolute Gasteiger partial charge is 0.236 e. The van der Waals surface area contributed by atoms with E-state index in [0.717, 1.165) is 22.2 Å². The van der Waals surface area contributed by atoms with Crippen LogP contribution in [0.25, 0.3) is 0 Å². The van der Waals surface area contributed by atoms with E-state index in [1.165, 1.54) is 4.31 Å². The van der Waals surface area contributed by atoms with Crippen molar-refractivity contribution in [2.24, 2.45) is 0 Å². The number of nitrogens with zero attached hydrogens (tertiary/aromatic N) is 2. The third-order valence-corrected chi connectivity index (χ3v) is 5.85. The summed E-state index contributed by atoms with van der Waals surface area (Å²) in [5, 5.41) is 13.4. The molecule has 3 rings (SSSR count). The summed E-state index contributed by atoms with van der Waals surface area (Å²) in [4.78, 5) is 0. The van der Waals surface area contributed by atoms with Crippen LogP contribution >= 0.6 is 0 Å². The zero-order chi connectivity index (χ0) is 17.9. The Morgan fingerprint density at radius 1 is 1.28 bits per heavy atom. The maximum atomic E-state index is 12.6. The monoisotopic (exact) mass is 353 g/mol. The molecule has 0 spiro atoms. The quantitative estimate of drug-likeness (QED) is 0.917. The van der Waals surface area contributed by atoms with E-state index >= 15 is 0 Å². The van der Waals surface area contributed by atoms with Crippen molar-refractivity contribution in [3.8, 4) is 6.07 Å². The molecule has 25 heavy (non-hydrogen) atoms. The standard InChI is InChI=1S/C19H19N3O2S/c1-2-25(23,24)22-14-17-10-16(12-20)8-9-19(17)21-13-18(22)11-15-6-4-3-5-7-15/h2-10,18,21H,1,11,13-14H2. The number of sulfonamides is 1. The van der Waals surface area contributed by atoms with Gasteiger partial charge in [-0.3, -0.25) is 0 Å². The number of nitriles is 1. The van der Waals surface area contributed by atoms with Gasteiger partial charge in [0.05, 0.1) is 11.6 Å². The Bertz CT molecular complexity index is 917. The van der Waals surface area contributed by atoms with Crippen LogP contribution in [0.4, 0.5) is 5.69 Å². The maximum Gasteiger partial charge on any atom is 0.236 e. The molecule has 2 aromatic carbocycles. The van der Waals surface area contributed by atoms with Crippen LogP contribution in [0.5, 0.6) is 0 Å². The third kappa shape index (κ3) is 3.73. The Kier molecular flexibility index (Phi) is 4.88. The number of nitrogens with one attached hydrogen (secondary N) is 1. The normalized spacial score (nSPS) is 17.6. The molecule has 0 amide bonds. The summed E-state index contributed by atoms with van der Waals surface area (Å²) in [6.45, 7) is 4.17. The molecule has 6 heteroatoms. The molecule has 0 saturated carbocycles. The molecule has 1 aliphatic heterocycles. The van der Waals surface area contributed by atoms with Gasteiger partial charge < -0.3 is 5.32 Å². The molecule has 128 valence electrons. The summed E-state index contributed by atoms with van der Waals surface area (Å²) in [6, 6.07) is 17.0. The van der Waals surface area contributed by atoms with Gasteiger partial charge in [0, 0.05) is 30.2 Å². The van der Waals surface area contributed by atoms with Gasteiger partial charge in [-0.15, -0.1) is 0 Å². The average molecular weight is 353 g/mol. The highest BCUT2D eigenvalue weighted by Crippen LogP contribution is 2.27. The maximum absolute atomic E-state index is 12.6. The SMILES string of the molecule is C=CS(=O)(=O)N1Cc2cc(C#N)ccc2NCC1Cc1ccccc1. The zero-order valence-electron chi connectivity index (χ0n) is 13.7. The Labute approximate surface area is 148 Å². The van der Waals surface area contributed by atoms with Crippen molar-refractivity contribution in [2.75, 3.05) is 11.9 Å². The van der Waals surface area contributed by atoms with Crippen molar-refractivity contribution < 1.29 is 8.42 Å². The largest absolute Gasteiger partial charge is 0.383 e. The zero-order valence-corrected chi connectivity index (χ0v) is 14.5. The van der Waals surface area contributed by atoms with E-state index in [2.05, 4.69) is 18.0 Å². The van der Waals surface area contributed by atoms with E-state index in [9.17, 15) is 8.42 Å². The van der Waals surface area contributed by atoms with E-state index < -0.39 is 10.0 Å². The lowest BCUT2D eigenvalue weighted by Crippen LogP contribution is -2.42. The topological polar surface area (TPSA) is 73.2 Å². The second-order valence-electron chi connectivity index (χ2n) is 5.97. The van der Waals surface area contributed by atoms with E-state index in [-0.39, 0.29) is 12.6 Å². The number of anilines is 1. The summed E-state index contributed by atoms with van der Waals surface area (Å²) >= 11 is 0. The number of hydrogen-bond acceptors (Lipinski definition) is 4. The van der Waals surface area contributed by atoms with Crippen molar-refractivity contribution in [1.29, 1.82) is 5.26 Å². The molecule has 0 aromatic heterocycles. The molecule has 2 aromatic rings. The van der Waals surface area contributed by atoms with Gasteiger partial charge >= 0.3 is 0 Å². The molecular weight excluding hydrogens is 334 g/mol. The van der Waals surface area contributed by atoms with E-state index in [1.54, 1.807) is 12.1 Å². The highest BCUT2D eigenvalue weighted by atomic mass is 32.2. The van der Waals surface area contributed by atoms with Gasteiger partial charge in [-0.2, -0.15) is 9.57 Å². The van der Waals surface area contributed by atoms with Gasteiger partial charge in [0.1, 0.15) is 0 Å². The minimum atomic E-state index is -3.60. The first-order chi connectivity index (χ1) is 12.0. The first-order valence-electron chi connectivity index (χ1n) is 7.98. The van der Waals surface area contributed by atoms with Gasteiger partial charge in [-0.05, 0) is 35.7 Å². The molecule has 0 aliphatic carbocycles. The predicted octanol–water partition coefficient (Wildman–Crippen LogP) is 2.87. The summed E-state index contributed by atoms with van der Waals surface area (Å²) in [5.41, 5.74) is 3.24. The van der Waals surface area contributed by atoms with Crippen molar-refractivity contribution >= 4 is 15.7 Å². The molecule has 0 radical (unpaired) electrons. The average Bonchev–Trinajstić information content (AvgIpc) is 2.82. The van der Waals surface area contributed by atoms with Crippen LogP contribution in [0.1, 0.15) is 16.7 Å². The lowest BCUT2D eigenvalue weighted by molar-refractivity contribution is 0.330. The number of hydrogen-bond donors (Lipinski definition) is 1. The van der Waals surface area contributed by atoms with Crippen LogP contribution < -0.4 is 5.32 Å². The molecule has 1 unspecified atom stereocenters. The Morgan fingerprint density at radius 2 is 2.04 bits per heavy atom. The first kappa shape index (κ1) is 17.2. The third-order valence-electron chi connectivity index (χ3n) is 4.35. The molecule has 1 atom stereocenters. The first-order valence-corrected chi connectivity index (χ1v) is 9.49. The summed E-state index contributed by atoms with van der Waals surface area (Å²) in [5.74, 6) is 0. The molecule has 0 fully saturated rings. The molecular formula is C19H19N3O2S. The molecule has 5 nitrogen and oxygen atoms in total. The van der Waals surface area contributed by atoms with E-state index in [1.807, 2.05) is 36.4 Å². The fourth-order valence-electron chi connectivity index (χ4n) is 3.05. The lowest BCUT2D eigenvalue weighted by atomic mass is 10.1. The van der Waals surface area contributed by atoms with Crippen molar-refractivity contribution in [3.05, 3.63) is 77.2 Å².